The molecule has 2 aliphatic rings. The number of aromatic amines is 1. The lowest BCUT2D eigenvalue weighted by molar-refractivity contribution is -0.118. The predicted octanol–water partition coefficient (Wildman–Crippen LogP) is 5.40. The Bertz CT molecular complexity index is 1310. The van der Waals surface area contributed by atoms with Gasteiger partial charge in [-0.05, 0) is 35.1 Å². The fraction of sp³-hybridized carbons (Fsp3) is 0.269. The van der Waals surface area contributed by atoms with Crippen molar-refractivity contribution in [1.82, 2.24) is 9.97 Å². The van der Waals surface area contributed by atoms with Crippen LogP contribution in [0.1, 0.15) is 49.3 Å². The topological polar surface area (TPSA) is 74.8 Å². The van der Waals surface area contributed by atoms with Crippen molar-refractivity contribution >= 4 is 23.4 Å². The second-order valence-corrected chi connectivity index (χ2v) is 10.3. The second kappa shape index (κ2) is 8.30. The van der Waals surface area contributed by atoms with Crippen molar-refractivity contribution in [2.24, 2.45) is 5.41 Å². The summed E-state index contributed by atoms with van der Waals surface area (Å²) in [5, 5.41) is 3.83. The van der Waals surface area contributed by atoms with E-state index in [0.717, 1.165) is 11.3 Å². The highest BCUT2D eigenvalue weighted by Gasteiger charge is 2.42. The van der Waals surface area contributed by atoms with Gasteiger partial charge in [-0.1, -0.05) is 68.1 Å². The molecule has 2 N–H and O–H groups in total. The zero-order valence-electron chi connectivity index (χ0n) is 18.4. The molecule has 3 aromatic rings. The zero-order chi connectivity index (χ0) is 23.2. The average molecular weight is 462 g/mol. The minimum Gasteiger partial charge on any atom is -0.343 e. The first-order valence-electron chi connectivity index (χ1n) is 10.9. The minimum atomic E-state index is -0.579. The number of allylic oxidation sites excluding steroid dienone is 2. The summed E-state index contributed by atoms with van der Waals surface area (Å²) in [6.07, 6.45) is 1.07. The third kappa shape index (κ3) is 4.25. The third-order valence-corrected chi connectivity index (χ3v) is 7.07. The van der Waals surface area contributed by atoms with Gasteiger partial charge in [-0.3, -0.25) is 9.59 Å². The lowest BCUT2D eigenvalue weighted by Gasteiger charge is -2.38. The van der Waals surface area contributed by atoms with E-state index < -0.39 is 5.92 Å². The zero-order valence-corrected chi connectivity index (χ0v) is 19.3. The molecule has 1 atom stereocenters. The fourth-order valence-corrected chi connectivity index (χ4v) is 5.49. The Balaban J connectivity index is 1.59. The van der Waals surface area contributed by atoms with E-state index in [-0.39, 0.29) is 22.6 Å². The summed E-state index contributed by atoms with van der Waals surface area (Å²) in [6, 6.07) is 16.0. The van der Waals surface area contributed by atoms with Gasteiger partial charge in [-0.2, -0.15) is 0 Å². The highest BCUT2D eigenvalue weighted by atomic mass is 32.2. The van der Waals surface area contributed by atoms with E-state index in [0.29, 0.717) is 46.3 Å². The molecule has 0 saturated heterocycles. The minimum absolute atomic E-state index is 0.00986. The number of halogens is 1. The first-order valence-corrected chi connectivity index (χ1v) is 11.9. The number of carbonyl (C=O) groups is 1. The van der Waals surface area contributed by atoms with Crippen molar-refractivity contribution in [3.8, 4) is 0 Å². The first kappa shape index (κ1) is 21.6. The van der Waals surface area contributed by atoms with E-state index in [1.54, 1.807) is 12.1 Å². The lowest BCUT2D eigenvalue weighted by atomic mass is 9.69. The van der Waals surface area contributed by atoms with Gasteiger partial charge < -0.3 is 10.3 Å². The number of nitrogens with zero attached hydrogens (tertiary/aromatic N) is 1. The van der Waals surface area contributed by atoms with Gasteiger partial charge in [-0.25, -0.2) is 9.37 Å². The Hall–Kier alpha value is -3.19. The molecular formula is C26H24FN3O2S. The molecule has 7 heteroatoms. The lowest BCUT2D eigenvalue weighted by Crippen LogP contribution is -2.37. The molecule has 168 valence electrons. The van der Waals surface area contributed by atoms with Crippen LogP contribution in [0.25, 0.3) is 0 Å². The molecule has 1 aliphatic carbocycles. The summed E-state index contributed by atoms with van der Waals surface area (Å²) >= 11 is 1.45. The Morgan fingerprint density at radius 1 is 1.06 bits per heavy atom. The quantitative estimate of drug-likeness (QED) is 0.402. The number of aromatic nitrogens is 2. The van der Waals surface area contributed by atoms with E-state index in [1.165, 1.54) is 23.9 Å². The number of thioether (sulfide) groups is 1. The number of nitrogens with one attached hydrogen (secondary N) is 2. The van der Waals surface area contributed by atoms with Crippen LogP contribution in [0.5, 0.6) is 0 Å². The monoisotopic (exact) mass is 461 g/mol. The largest absolute Gasteiger partial charge is 0.343 e. The van der Waals surface area contributed by atoms with Crippen LogP contribution in [-0.2, 0) is 10.5 Å². The Morgan fingerprint density at radius 3 is 2.52 bits per heavy atom. The van der Waals surface area contributed by atoms with E-state index in [4.69, 9.17) is 4.98 Å². The molecule has 0 amide bonds. The van der Waals surface area contributed by atoms with Gasteiger partial charge in [0.1, 0.15) is 11.6 Å². The molecule has 2 heterocycles. The number of hydrogen-bond donors (Lipinski definition) is 2. The van der Waals surface area contributed by atoms with Gasteiger partial charge in [0.25, 0.3) is 5.56 Å². The number of rotatable bonds is 4. The maximum Gasteiger partial charge on any atom is 0.257 e. The Kier molecular flexibility index (Phi) is 5.44. The van der Waals surface area contributed by atoms with Crippen LogP contribution in [0.3, 0.4) is 0 Å². The number of carbonyl (C=O) groups excluding carboxylic acids is 1. The van der Waals surface area contributed by atoms with E-state index in [2.05, 4.69) is 24.1 Å². The maximum atomic E-state index is 13.6. The fourth-order valence-electron chi connectivity index (χ4n) is 4.68. The number of ketones is 1. The van der Waals surface area contributed by atoms with Crippen LogP contribution in [0.2, 0.25) is 0 Å². The Morgan fingerprint density at radius 2 is 1.79 bits per heavy atom. The third-order valence-electron chi connectivity index (χ3n) is 6.12. The molecule has 0 saturated carbocycles. The van der Waals surface area contributed by atoms with Crippen LogP contribution in [0, 0.1) is 11.2 Å². The Labute approximate surface area is 195 Å². The first-order chi connectivity index (χ1) is 15.8. The van der Waals surface area contributed by atoms with Crippen molar-refractivity contribution < 1.29 is 9.18 Å². The van der Waals surface area contributed by atoms with Gasteiger partial charge in [-0.15, -0.1) is 0 Å². The predicted molar refractivity (Wildman–Crippen MR) is 128 cm³/mol. The highest BCUT2D eigenvalue weighted by Crippen LogP contribution is 2.47. The summed E-state index contributed by atoms with van der Waals surface area (Å²) in [5.74, 6) is 0.204. The normalized spacial score (nSPS) is 19.0. The van der Waals surface area contributed by atoms with Gasteiger partial charge in [0.05, 0.1) is 5.56 Å². The van der Waals surface area contributed by atoms with Crippen molar-refractivity contribution in [1.29, 1.82) is 0 Å². The number of Topliss-reactive ketones (excluding diaryl/α,β-unsaturated/α-hetero) is 1. The van der Waals surface area contributed by atoms with Gasteiger partial charge in [0.2, 0.25) is 0 Å². The van der Waals surface area contributed by atoms with Gasteiger partial charge in [0.15, 0.2) is 10.9 Å². The molecule has 0 unspecified atom stereocenters. The van der Waals surface area contributed by atoms with Crippen LogP contribution in [0.4, 0.5) is 10.2 Å². The number of benzene rings is 2. The second-order valence-electron chi connectivity index (χ2n) is 9.35. The van der Waals surface area contributed by atoms with Crippen LogP contribution >= 0.6 is 11.8 Å². The molecule has 5 rings (SSSR count). The summed E-state index contributed by atoms with van der Waals surface area (Å²) in [5.41, 5.74) is 3.14. The molecule has 2 aromatic carbocycles. The smallest absolute Gasteiger partial charge is 0.257 e. The van der Waals surface area contributed by atoms with Crippen molar-refractivity contribution in [2.45, 2.75) is 43.5 Å². The summed E-state index contributed by atoms with van der Waals surface area (Å²) in [6.45, 7) is 4.12. The van der Waals surface area contributed by atoms with Crippen molar-refractivity contribution in [3.63, 3.8) is 0 Å². The molecule has 0 bridgehead atoms. The maximum absolute atomic E-state index is 13.6. The number of hydrogen-bond acceptors (Lipinski definition) is 5. The van der Waals surface area contributed by atoms with Gasteiger partial charge >= 0.3 is 0 Å². The summed E-state index contributed by atoms with van der Waals surface area (Å²) < 4.78 is 13.6. The van der Waals surface area contributed by atoms with Crippen LogP contribution < -0.4 is 10.9 Å². The molecule has 33 heavy (non-hydrogen) atoms. The van der Waals surface area contributed by atoms with Crippen LogP contribution in [0.15, 0.2) is 75.8 Å². The van der Waals surface area contributed by atoms with E-state index >= 15 is 0 Å². The molecular weight excluding hydrogens is 437 g/mol. The van der Waals surface area contributed by atoms with Crippen molar-refractivity contribution in [3.05, 3.63) is 98.7 Å². The molecule has 1 aromatic heterocycles. The molecule has 1 aliphatic heterocycles. The number of anilines is 1. The van der Waals surface area contributed by atoms with E-state index in [9.17, 15) is 14.0 Å². The highest BCUT2D eigenvalue weighted by molar-refractivity contribution is 7.98. The summed E-state index contributed by atoms with van der Waals surface area (Å²) in [7, 11) is 0. The van der Waals surface area contributed by atoms with E-state index in [1.807, 2.05) is 30.3 Å². The molecule has 0 fully saturated rings. The molecule has 0 radical (unpaired) electrons. The standard InChI is InChI=1S/C26H24FN3O2S/c1-26(2)12-18-21(19(31)13-26)20(16-8-10-17(27)11-9-16)22-23(28-18)29-25(30-24(22)32)33-14-15-6-4-3-5-7-15/h3-11,20H,12-14H2,1-2H3,(H2,28,29,30,32)/t20-/m0/s1. The van der Waals surface area contributed by atoms with Crippen molar-refractivity contribution in [2.75, 3.05) is 5.32 Å². The van der Waals surface area contributed by atoms with Crippen LogP contribution in [-0.4, -0.2) is 15.8 Å². The SMILES string of the molecule is CC1(C)CC(=O)C2=C(C1)Nc1nc(SCc3ccccc3)[nH]c(=O)c1[C@H]2c1ccc(F)cc1. The molecule has 0 spiro atoms. The number of H-pyrrole nitrogens is 1. The summed E-state index contributed by atoms with van der Waals surface area (Å²) in [4.78, 5) is 34.1. The average Bonchev–Trinajstić information content (AvgIpc) is 2.77. The molecule has 5 nitrogen and oxygen atoms in total. The van der Waals surface area contributed by atoms with Gasteiger partial charge in [0, 0.05) is 29.4 Å². The number of fused-ring (bicyclic) bond motifs is 1.